The summed E-state index contributed by atoms with van der Waals surface area (Å²) < 4.78 is 27.2. The third-order valence-corrected chi connectivity index (χ3v) is 6.94. The Morgan fingerprint density at radius 1 is 0.952 bits per heavy atom. The summed E-state index contributed by atoms with van der Waals surface area (Å²) in [6.07, 6.45) is 5.85. The van der Waals surface area contributed by atoms with E-state index < -0.39 is 10.0 Å². The fourth-order valence-corrected chi connectivity index (χ4v) is 5.08. The van der Waals surface area contributed by atoms with Crippen LogP contribution >= 0.6 is 0 Å². The van der Waals surface area contributed by atoms with E-state index in [2.05, 4.69) is 4.90 Å². The summed E-state index contributed by atoms with van der Waals surface area (Å²) in [5, 5.41) is 0. The maximum atomic E-state index is 12.8. The van der Waals surface area contributed by atoms with Gasteiger partial charge in [-0.15, -0.1) is 0 Å². The Morgan fingerprint density at radius 3 is 2.38 bits per heavy atom. The molecule has 0 spiro atoms. The first kappa shape index (κ1) is 13.7. The molecular formula is C16H22N2O2S. The molecule has 0 bridgehead atoms. The number of hydrogen-bond donors (Lipinski definition) is 0. The van der Waals surface area contributed by atoms with Gasteiger partial charge in [0.2, 0.25) is 10.0 Å². The van der Waals surface area contributed by atoms with Gasteiger partial charge in [-0.05, 0) is 55.4 Å². The maximum Gasteiger partial charge on any atom is 0.243 e. The molecule has 4 rings (SSSR count). The Morgan fingerprint density at radius 2 is 1.67 bits per heavy atom. The molecule has 0 atom stereocenters. The van der Waals surface area contributed by atoms with Crippen LogP contribution in [-0.2, 0) is 22.9 Å². The van der Waals surface area contributed by atoms with E-state index in [1.54, 1.807) is 10.4 Å². The summed E-state index contributed by atoms with van der Waals surface area (Å²) in [5.41, 5.74) is 2.56. The maximum absolute atomic E-state index is 12.8. The predicted octanol–water partition coefficient (Wildman–Crippen LogP) is 1.64. The number of benzene rings is 1. The van der Waals surface area contributed by atoms with E-state index in [-0.39, 0.29) is 0 Å². The molecule has 1 saturated heterocycles. The minimum Gasteiger partial charge on any atom is -0.298 e. The summed E-state index contributed by atoms with van der Waals surface area (Å²) in [5.74, 6) is 0. The normalized spacial score (nSPS) is 24.2. The van der Waals surface area contributed by atoms with Gasteiger partial charge in [-0.1, -0.05) is 6.07 Å². The predicted molar refractivity (Wildman–Crippen MR) is 81.8 cm³/mol. The number of piperazine rings is 1. The van der Waals surface area contributed by atoms with Gasteiger partial charge in [0.05, 0.1) is 4.90 Å². The summed E-state index contributed by atoms with van der Waals surface area (Å²) in [4.78, 5) is 2.93. The van der Waals surface area contributed by atoms with E-state index in [1.165, 1.54) is 24.0 Å². The van der Waals surface area contributed by atoms with E-state index in [4.69, 9.17) is 0 Å². The first-order valence-corrected chi connectivity index (χ1v) is 9.44. The molecule has 2 fully saturated rings. The molecule has 0 unspecified atom stereocenters. The Kier molecular flexibility index (Phi) is 3.32. The second kappa shape index (κ2) is 5.07. The lowest BCUT2D eigenvalue weighted by Gasteiger charge is -2.34. The Hall–Kier alpha value is -0.910. The average Bonchev–Trinajstić information content (AvgIpc) is 3.24. The van der Waals surface area contributed by atoms with Crippen molar-refractivity contribution in [3.8, 4) is 0 Å². The SMILES string of the molecule is O=S(=O)(c1ccc2c(c1)CCC2)N1CCN(C2CC2)CC1. The van der Waals surface area contributed by atoms with Crippen molar-refractivity contribution in [1.82, 2.24) is 9.21 Å². The third kappa shape index (κ3) is 2.51. The zero-order chi connectivity index (χ0) is 14.4. The van der Waals surface area contributed by atoms with Crippen LogP contribution in [0.5, 0.6) is 0 Å². The van der Waals surface area contributed by atoms with Crippen LogP contribution in [0.25, 0.3) is 0 Å². The Balaban J connectivity index is 1.53. The summed E-state index contributed by atoms with van der Waals surface area (Å²) in [7, 11) is -3.31. The molecule has 1 heterocycles. The molecule has 1 aliphatic heterocycles. The number of fused-ring (bicyclic) bond motifs is 1. The largest absolute Gasteiger partial charge is 0.298 e. The van der Waals surface area contributed by atoms with Gasteiger partial charge in [0, 0.05) is 32.2 Å². The first-order chi connectivity index (χ1) is 10.1. The van der Waals surface area contributed by atoms with Gasteiger partial charge in [0.25, 0.3) is 0 Å². The van der Waals surface area contributed by atoms with Crippen molar-refractivity contribution in [3.63, 3.8) is 0 Å². The summed E-state index contributed by atoms with van der Waals surface area (Å²) >= 11 is 0. The molecule has 21 heavy (non-hydrogen) atoms. The highest BCUT2D eigenvalue weighted by Gasteiger charge is 2.35. The van der Waals surface area contributed by atoms with Gasteiger partial charge >= 0.3 is 0 Å². The molecule has 5 heteroatoms. The molecule has 3 aliphatic rings. The lowest BCUT2D eigenvalue weighted by Crippen LogP contribution is -2.49. The quantitative estimate of drug-likeness (QED) is 0.852. The van der Waals surface area contributed by atoms with Gasteiger partial charge in [0.1, 0.15) is 0 Å². The van der Waals surface area contributed by atoms with Gasteiger partial charge in [-0.2, -0.15) is 4.31 Å². The molecule has 0 aromatic heterocycles. The van der Waals surface area contributed by atoms with Gasteiger partial charge in [-0.3, -0.25) is 4.90 Å². The van der Waals surface area contributed by atoms with Crippen LogP contribution in [0.2, 0.25) is 0 Å². The molecule has 2 aliphatic carbocycles. The lowest BCUT2D eigenvalue weighted by atomic mass is 10.1. The molecule has 0 amide bonds. The van der Waals surface area contributed by atoms with Gasteiger partial charge in [0.15, 0.2) is 0 Å². The van der Waals surface area contributed by atoms with Crippen LogP contribution in [0, 0.1) is 0 Å². The highest BCUT2D eigenvalue weighted by Crippen LogP contribution is 2.30. The van der Waals surface area contributed by atoms with Crippen LogP contribution in [0.3, 0.4) is 0 Å². The summed E-state index contributed by atoms with van der Waals surface area (Å²) in [6.45, 7) is 3.04. The van der Waals surface area contributed by atoms with E-state index in [9.17, 15) is 8.42 Å². The average molecular weight is 306 g/mol. The second-order valence-corrected chi connectivity index (χ2v) is 8.39. The van der Waals surface area contributed by atoms with E-state index in [0.29, 0.717) is 18.0 Å². The van der Waals surface area contributed by atoms with E-state index >= 15 is 0 Å². The van der Waals surface area contributed by atoms with Crippen LogP contribution in [0.4, 0.5) is 0 Å². The highest BCUT2D eigenvalue weighted by molar-refractivity contribution is 7.89. The highest BCUT2D eigenvalue weighted by atomic mass is 32.2. The topological polar surface area (TPSA) is 40.6 Å². The fourth-order valence-electron chi connectivity index (χ4n) is 3.61. The van der Waals surface area contributed by atoms with Crippen molar-refractivity contribution in [2.45, 2.75) is 43.0 Å². The molecule has 1 aromatic carbocycles. The standard InChI is InChI=1S/C16H22N2O2S/c19-21(20,16-7-4-13-2-1-3-14(13)12-16)18-10-8-17(9-11-18)15-5-6-15/h4,7,12,15H,1-3,5-6,8-11H2. The van der Waals surface area contributed by atoms with Crippen molar-refractivity contribution < 1.29 is 8.42 Å². The minimum atomic E-state index is -3.31. The van der Waals surface area contributed by atoms with Crippen LogP contribution in [0.15, 0.2) is 23.1 Å². The van der Waals surface area contributed by atoms with Crippen molar-refractivity contribution in [2.75, 3.05) is 26.2 Å². The van der Waals surface area contributed by atoms with E-state index in [1.807, 2.05) is 12.1 Å². The van der Waals surface area contributed by atoms with Gasteiger partial charge < -0.3 is 0 Å². The monoisotopic (exact) mass is 306 g/mol. The number of rotatable bonds is 3. The van der Waals surface area contributed by atoms with Crippen LogP contribution < -0.4 is 0 Å². The van der Waals surface area contributed by atoms with Crippen molar-refractivity contribution in [1.29, 1.82) is 0 Å². The number of nitrogens with zero attached hydrogens (tertiary/aromatic N) is 2. The first-order valence-electron chi connectivity index (χ1n) is 8.00. The lowest BCUT2D eigenvalue weighted by molar-refractivity contribution is 0.180. The minimum absolute atomic E-state index is 0.489. The van der Waals surface area contributed by atoms with Crippen LogP contribution in [0.1, 0.15) is 30.4 Å². The molecule has 0 radical (unpaired) electrons. The number of aryl methyl sites for hydroxylation is 2. The fraction of sp³-hybridized carbons (Fsp3) is 0.625. The van der Waals surface area contributed by atoms with Crippen molar-refractivity contribution in [3.05, 3.63) is 29.3 Å². The Bertz CT molecular complexity index is 644. The Labute approximate surface area is 126 Å². The molecule has 4 nitrogen and oxygen atoms in total. The third-order valence-electron chi connectivity index (χ3n) is 5.04. The number of hydrogen-bond acceptors (Lipinski definition) is 3. The zero-order valence-electron chi connectivity index (χ0n) is 12.3. The molecule has 114 valence electrons. The van der Waals surface area contributed by atoms with E-state index in [0.717, 1.165) is 38.4 Å². The summed E-state index contributed by atoms with van der Waals surface area (Å²) in [6, 6.07) is 6.45. The number of sulfonamides is 1. The molecule has 1 saturated carbocycles. The molecule has 0 N–H and O–H groups in total. The van der Waals surface area contributed by atoms with Crippen LogP contribution in [-0.4, -0.2) is 49.8 Å². The zero-order valence-corrected chi connectivity index (χ0v) is 13.1. The molecule has 1 aromatic rings. The van der Waals surface area contributed by atoms with Gasteiger partial charge in [-0.25, -0.2) is 8.42 Å². The van der Waals surface area contributed by atoms with Crippen molar-refractivity contribution in [2.24, 2.45) is 0 Å². The smallest absolute Gasteiger partial charge is 0.243 e. The van der Waals surface area contributed by atoms with Crippen molar-refractivity contribution >= 4 is 10.0 Å². The molecular weight excluding hydrogens is 284 g/mol. The second-order valence-electron chi connectivity index (χ2n) is 6.46.